The molecule has 0 radical (unpaired) electrons. The lowest BCUT2D eigenvalue weighted by Gasteiger charge is -2.18. The first kappa shape index (κ1) is 24.3. The Kier molecular flexibility index (Phi) is 16.2. The van der Waals surface area contributed by atoms with E-state index in [1.165, 1.54) is 0 Å². The van der Waals surface area contributed by atoms with Gasteiger partial charge in [-0.15, -0.1) is 24.0 Å². The molecule has 0 rings (SSSR count). The Morgan fingerprint density at radius 2 is 1.77 bits per heavy atom. The van der Waals surface area contributed by atoms with Gasteiger partial charge >= 0.3 is 0 Å². The topological polar surface area (TPSA) is 72.0 Å². The van der Waals surface area contributed by atoms with Crippen LogP contribution in [0.1, 0.15) is 27.2 Å². The van der Waals surface area contributed by atoms with E-state index in [0.717, 1.165) is 18.9 Å². The van der Waals surface area contributed by atoms with E-state index in [1.807, 2.05) is 20.8 Å². The molecule has 1 unspecified atom stereocenters. The van der Waals surface area contributed by atoms with Crippen molar-refractivity contribution in [3.05, 3.63) is 0 Å². The first-order valence-corrected chi connectivity index (χ1v) is 8.63. The van der Waals surface area contributed by atoms with Gasteiger partial charge in [0.2, 0.25) is 0 Å². The highest BCUT2D eigenvalue weighted by Crippen LogP contribution is 2.10. The van der Waals surface area contributed by atoms with Crippen molar-refractivity contribution in [2.45, 2.75) is 31.9 Å². The normalized spacial score (nSPS) is 13.4. The number of guanidine groups is 1. The number of nitrogens with one attached hydrogen (secondary N) is 2. The lowest BCUT2D eigenvalue weighted by Crippen LogP contribution is -2.40. The summed E-state index contributed by atoms with van der Waals surface area (Å²) < 4.78 is 22.0. The van der Waals surface area contributed by atoms with Crippen LogP contribution in [0, 0.1) is 0 Å². The summed E-state index contributed by atoms with van der Waals surface area (Å²) in [7, 11) is 2.54. The fraction of sp³-hybridized carbons (Fsp3) is 0.929. The van der Waals surface area contributed by atoms with Crippen molar-refractivity contribution in [1.82, 2.24) is 10.6 Å². The smallest absolute Gasteiger partial charge is 0.191 e. The second-order valence-corrected chi connectivity index (χ2v) is 7.87. The Labute approximate surface area is 154 Å². The highest BCUT2D eigenvalue weighted by Gasteiger charge is 2.18. The van der Waals surface area contributed by atoms with Crippen molar-refractivity contribution in [2.24, 2.45) is 4.99 Å². The second-order valence-electron chi connectivity index (χ2n) is 5.55. The Balaban J connectivity index is 0. The van der Waals surface area contributed by atoms with Crippen molar-refractivity contribution >= 4 is 40.7 Å². The van der Waals surface area contributed by atoms with E-state index in [-0.39, 0.29) is 28.7 Å². The quantitative estimate of drug-likeness (QED) is 0.228. The van der Waals surface area contributed by atoms with Crippen LogP contribution in [-0.4, -0.2) is 67.7 Å². The third-order valence-electron chi connectivity index (χ3n) is 2.68. The number of halogens is 1. The van der Waals surface area contributed by atoms with Crippen molar-refractivity contribution in [1.29, 1.82) is 0 Å². The Morgan fingerprint density at radius 1 is 1.14 bits per heavy atom. The van der Waals surface area contributed by atoms with Crippen molar-refractivity contribution in [3.8, 4) is 0 Å². The highest BCUT2D eigenvalue weighted by molar-refractivity contribution is 14.0. The number of methoxy groups -OCH3 is 1. The minimum atomic E-state index is -0.845. The van der Waals surface area contributed by atoms with Crippen molar-refractivity contribution in [2.75, 3.05) is 52.8 Å². The summed E-state index contributed by atoms with van der Waals surface area (Å²) in [5, 5.41) is 6.37. The molecule has 134 valence electrons. The lowest BCUT2D eigenvalue weighted by molar-refractivity contribution is 0.0698. The van der Waals surface area contributed by atoms with Crippen LogP contribution in [0.2, 0.25) is 0 Å². The Bertz CT molecular complexity index is 323. The van der Waals surface area contributed by atoms with Gasteiger partial charge in [0.1, 0.15) is 0 Å². The SMILES string of the molecule is CN=C(NCCCOCCOC)NCCS(=O)C(C)(C)C.I. The van der Waals surface area contributed by atoms with Gasteiger partial charge in [-0.1, -0.05) is 0 Å². The van der Waals surface area contributed by atoms with Gasteiger partial charge < -0.3 is 20.1 Å². The van der Waals surface area contributed by atoms with Gasteiger partial charge in [0.25, 0.3) is 0 Å². The molecule has 0 amide bonds. The number of aliphatic imine (C=N–C) groups is 1. The van der Waals surface area contributed by atoms with Crippen LogP contribution in [0.25, 0.3) is 0 Å². The van der Waals surface area contributed by atoms with Crippen LogP contribution in [-0.2, 0) is 20.3 Å². The minimum Gasteiger partial charge on any atom is -0.382 e. The average molecular weight is 449 g/mol. The maximum absolute atomic E-state index is 11.9. The van der Waals surface area contributed by atoms with Gasteiger partial charge in [-0.2, -0.15) is 0 Å². The van der Waals surface area contributed by atoms with Crippen LogP contribution in [0.5, 0.6) is 0 Å². The number of hydrogen-bond acceptors (Lipinski definition) is 4. The molecule has 0 aromatic heterocycles. The van der Waals surface area contributed by atoms with E-state index in [1.54, 1.807) is 14.2 Å². The summed E-state index contributed by atoms with van der Waals surface area (Å²) in [6.07, 6.45) is 0.901. The molecule has 0 aliphatic rings. The van der Waals surface area contributed by atoms with Crippen molar-refractivity contribution in [3.63, 3.8) is 0 Å². The first-order valence-electron chi connectivity index (χ1n) is 7.31. The highest BCUT2D eigenvalue weighted by atomic mass is 127. The van der Waals surface area contributed by atoms with Gasteiger partial charge in [-0.05, 0) is 27.2 Å². The molecule has 1 atom stereocenters. The summed E-state index contributed by atoms with van der Waals surface area (Å²) in [4.78, 5) is 4.13. The summed E-state index contributed by atoms with van der Waals surface area (Å²) in [5.74, 6) is 1.35. The molecule has 2 N–H and O–H groups in total. The first-order chi connectivity index (χ1) is 9.91. The molecule has 0 bridgehead atoms. The average Bonchev–Trinajstić information content (AvgIpc) is 2.43. The number of rotatable bonds is 10. The Morgan fingerprint density at radius 3 is 2.32 bits per heavy atom. The molecule has 0 spiro atoms. The predicted octanol–water partition coefficient (Wildman–Crippen LogP) is 1.37. The summed E-state index contributed by atoms with van der Waals surface area (Å²) in [6.45, 7) is 9.34. The van der Waals surface area contributed by atoms with E-state index in [0.29, 0.717) is 32.1 Å². The lowest BCUT2D eigenvalue weighted by atomic mass is 10.3. The van der Waals surface area contributed by atoms with E-state index in [4.69, 9.17) is 9.47 Å². The number of ether oxygens (including phenoxy) is 2. The molecule has 0 saturated carbocycles. The fourth-order valence-electron chi connectivity index (χ4n) is 1.41. The largest absolute Gasteiger partial charge is 0.382 e. The van der Waals surface area contributed by atoms with Gasteiger partial charge in [0.15, 0.2) is 5.96 Å². The van der Waals surface area contributed by atoms with Crippen LogP contribution >= 0.6 is 24.0 Å². The van der Waals surface area contributed by atoms with Crippen LogP contribution in [0.15, 0.2) is 4.99 Å². The summed E-state index contributed by atoms with van der Waals surface area (Å²) in [5.41, 5.74) is 0. The molecule has 0 heterocycles. The Hall–Kier alpha value is 0.0700. The summed E-state index contributed by atoms with van der Waals surface area (Å²) >= 11 is 0. The molecule has 22 heavy (non-hydrogen) atoms. The van der Waals surface area contributed by atoms with Crippen LogP contribution in [0.4, 0.5) is 0 Å². The van der Waals surface area contributed by atoms with Gasteiger partial charge in [-0.3, -0.25) is 9.20 Å². The number of hydrogen-bond donors (Lipinski definition) is 2. The zero-order chi connectivity index (χ0) is 16.1. The monoisotopic (exact) mass is 449 g/mol. The maximum atomic E-state index is 11.9. The summed E-state index contributed by atoms with van der Waals surface area (Å²) in [6, 6.07) is 0. The molecule has 0 fully saturated rings. The van der Waals surface area contributed by atoms with Gasteiger partial charge in [-0.25, -0.2) is 0 Å². The maximum Gasteiger partial charge on any atom is 0.191 e. The minimum absolute atomic E-state index is 0. The zero-order valence-corrected chi connectivity index (χ0v) is 17.6. The van der Waals surface area contributed by atoms with E-state index in [2.05, 4.69) is 15.6 Å². The predicted molar refractivity (Wildman–Crippen MR) is 105 cm³/mol. The molecule has 6 nitrogen and oxygen atoms in total. The van der Waals surface area contributed by atoms with Gasteiger partial charge in [0, 0.05) is 55.2 Å². The van der Waals surface area contributed by atoms with E-state index >= 15 is 0 Å². The van der Waals surface area contributed by atoms with Crippen LogP contribution in [0.3, 0.4) is 0 Å². The fourth-order valence-corrected chi connectivity index (χ4v) is 2.31. The second kappa shape index (κ2) is 14.6. The van der Waals surface area contributed by atoms with E-state index in [9.17, 15) is 4.21 Å². The third-order valence-corrected chi connectivity index (χ3v) is 4.62. The molecule has 0 aliphatic carbocycles. The molecule has 8 heteroatoms. The van der Waals surface area contributed by atoms with Crippen molar-refractivity contribution < 1.29 is 13.7 Å². The number of nitrogens with zero attached hydrogens (tertiary/aromatic N) is 1. The standard InChI is InChI=1S/C14H31N3O3S.HI/c1-14(2,3)21(18)12-8-17-13(15-4)16-7-6-9-20-11-10-19-5;/h6-12H2,1-5H3,(H2,15,16,17);1H. The molecular formula is C14H32IN3O3S. The third kappa shape index (κ3) is 13.7. The molecular weight excluding hydrogens is 417 g/mol. The molecule has 0 saturated heterocycles. The van der Waals surface area contributed by atoms with E-state index < -0.39 is 10.8 Å². The molecule has 0 aromatic carbocycles. The molecule has 0 aromatic rings. The zero-order valence-electron chi connectivity index (χ0n) is 14.4. The van der Waals surface area contributed by atoms with Gasteiger partial charge in [0.05, 0.1) is 13.2 Å². The molecule has 0 aliphatic heterocycles. The van der Waals surface area contributed by atoms with Crippen LogP contribution < -0.4 is 10.6 Å².